The van der Waals surface area contributed by atoms with Crippen molar-refractivity contribution in [3.63, 3.8) is 0 Å². The zero-order valence-corrected chi connectivity index (χ0v) is 14.2. The largest absolute Gasteiger partial charge is 0.481 e. The Labute approximate surface area is 145 Å². The highest BCUT2D eigenvalue weighted by atomic mass is 19.1. The van der Waals surface area contributed by atoms with E-state index >= 15 is 0 Å². The maximum absolute atomic E-state index is 13.1. The van der Waals surface area contributed by atoms with Crippen LogP contribution < -0.4 is 0 Å². The van der Waals surface area contributed by atoms with Crippen molar-refractivity contribution in [2.45, 2.75) is 6.42 Å². The number of halogens is 1. The summed E-state index contributed by atoms with van der Waals surface area (Å²) in [5, 5.41) is 8.86. The molecule has 0 fully saturated rings. The molecule has 2 rings (SSSR count). The average molecular weight is 348 g/mol. The first-order chi connectivity index (χ1) is 11.9. The number of methoxy groups -OCH3 is 1. The molecule has 0 saturated carbocycles. The van der Waals surface area contributed by atoms with Gasteiger partial charge in [-0.3, -0.25) is 9.59 Å². The Morgan fingerprint density at radius 1 is 1.16 bits per heavy atom. The van der Waals surface area contributed by atoms with Crippen LogP contribution in [0.25, 0.3) is 11.3 Å². The molecule has 0 radical (unpaired) electrons. The standard InChI is InChI=1S/C18H21FN2O4/c1-20-15(13-3-5-14(19)6-4-13)7-8-16(20)18(24)21(11-12-25-2)10-9-17(22)23/h3-8H,9-12H2,1-2H3,(H,22,23). The van der Waals surface area contributed by atoms with Gasteiger partial charge in [-0.05, 0) is 42.0 Å². The molecule has 0 atom stereocenters. The molecule has 0 saturated heterocycles. The minimum atomic E-state index is -0.964. The van der Waals surface area contributed by atoms with Crippen molar-refractivity contribution in [3.8, 4) is 11.3 Å². The monoisotopic (exact) mass is 348 g/mol. The van der Waals surface area contributed by atoms with Gasteiger partial charge in [0.1, 0.15) is 11.5 Å². The first kappa shape index (κ1) is 18.7. The van der Waals surface area contributed by atoms with Gasteiger partial charge in [0.15, 0.2) is 0 Å². The maximum atomic E-state index is 13.1. The Kier molecular flexibility index (Phi) is 6.30. The van der Waals surface area contributed by atoms with Crippen molar-refractivity contribution < 1.29 is 23.8 Å². The Bertz CT molecular complexity index is 740. The SMILES string of the molecule is COCCN(CCC(=O)O)C(=O)c1ccc(-c2ccc(F)cc2)n1C. The lowest BCUT2D eigenvalue weighted by Gasteiger charge is -2.22. The van der Waals surface area contributed by atoms with Gasteiger partial charge in [0.2, 0.25) is 0 Å². The molecule has 0 unspecified atom stereocenters. The molecule has 2 aromatic rings. The highest BCUT2D eigenvalue weighted by Gasteiger charge is 2.20. The fraction of sp³-hybridized carbons (Fsp3) is 0.333. The summed E-state index contributed by atoms with van der Waals surface area (Å²) >= 11 is 0. The highest BCUT2D eigenvalue weighted by Crippen LogP contribution is 2.22. The third kappa shape index (κ3) is 4.67. The van der Waals surface area contributed by atoms with E-state index in [0.29, 0.717) is 18.8 Å². The summed E-state index contributed by atoms with van der Waals surface area (Å²) < 4.78 is 19.8. The summed E-state index contributed by atoms with van der Waals surface area (Å²) in [5.41, 5.74) is 1.99. The van der Waals surface area contributed by atoms with Gasteiger partial charge in [-0.2, -0.15) is 0 Å². The lowest BCUT2D eigenvalue weighted by molar-refractivity contribution is -0.137. The van der Waals surface area contributed by atoms with E-state index in [0.717, 1.165) is 11.3 Å². The second-order valence-electron chi connectivity index (χ2n) is 5.60. The molecule has 1 N–H and O–H groups in total. The zero-order valence-electron chi connectivity index (χ0n) is 14.2. The molecule has 0 bridgehead atoms. The first-order valence-corrected chi connectivity index (χ1v) is 7.85. The normalized spacial score (nSPS) is 10.7. The van der Waals surface area contributed by atoms with Gasteiger partial charge < -0.3 is 19.3 Å². The minimum Gasteiger partial charge on any atom is -0.481 e. The van der Waals surface area contributed by atoms with Crippen LogP contribution in [-0.4, -0.2) is 53.3 Å². The van der Waals surface area contributed by atoms with Gasteiger partial charge in [-0.15, -0.1) is 0 Å². The molecule has 1 aromatic heterocycles. The van der Waals surface area contributed by atoms with Crippen LogP contribution >= 0.6 is 0 Å². The minimum absolute atomic E-state index is 0.106. The number of amides is 1. The van der Waals surface area contributed by atoms with Crippen molar-refractivity contribution in [1.82, 2.24) is 9.47 Å². The van der Waals surface area contributed by atoms with Gasteiger partial charge >= 0.3 is 5.97 Å². The fourth-order valence-corrected chi connectivity index (χ4v) is 2.55. The van der Waals surface area contributed by atoms with E-state index in [-0.39, 0.29) is 24.7 Å². The summed E-state index contributed by atoms with van der Waals surface area (Å²) in [4.78, 5) is 25.1. The molecule has 0 aliphatic heterocycles. The number of carbonyl (C=O) groups excluding carboxylic acids is 1. The summed E-state index contributed by atoms with van der Waals surface area (Å²) in [7, 11) is 3.27. The number of hydrogen-bond acceptors (Lipinski definition) is 3. The molecule has 1 heterocycles. The number of rotatable bonds is 8. The highest BCUT2D eigenvalue weighted by molar-refractivity contribution is 5.94. The predicted molar refractivity (Wildman–Crippen MR) is 90.8 cm³/mol. The third-order valence-corrected chi connectivity index (χ3v) is 3.93. The number of carbonyl (C=O) groups is 2. The topological polar surface area (TPSA) is 71.8 Å². The molecular weight excluding hydrogens is 327 g/mol. The van der Waals surface area contributed by atoms with Crippen molar-refractivity contribution in [3.05, 3.63) is 47.9 Å². The van der Waals surface area contributed by atoms with E-state index in [2.05, 4.69) is 0 Å². The molecule has 0 aliphatic rings. The number of hydrogen-bond donors (Lipinski definition) is 1. The van der Waals surface area contributed by atoms with Crippen LogP contribution in [0.4, 0.5) is 4.39 Å². The van der Waals surface area contributed by atoms with E-state index in [4.69, 9.17) is 9.84 Å². The Balaban J connectivity index is 2.24. The van der Waals surface area contributed by atoms with Gasteiger partial charge in [0.05, 0.1) is 13.0 Å². The maximum Gasteiger partial charge on any atom is 0.305 e. The van der Waals surface area contributed by atoms with Crippen LogP contribution in [0.5, 0.6) is 0 Å². The van der Waals surface area contributed by atoms with Gasteiger partial charge in [0.25, 0.3) is 5.91 Å². The van der Waals surface area contributed by atoms with Crippen LogP contribution in [0.2, 0.25) is 0 Å². The molecule has 7 heteroatoms. The van der Waals surface area contributed by atoms with Crippen molar-refractivity contribution in [2.24, 2.45) is 7.05 Å². The lowest BCUT2D eigenvalue weighted by atomic mass is 10.1. The van der Waals surface area contributed by atoms with E-state index in [1.165, 1.54) is 24.1 Å². The number of ether oxygens (including phenoxy) is 1. The Morgan fingerprint density at radius 2 is 1.84 bits per heavy atom. The number of aromatic nitrogens is 1. The van der Waals surface area contributed by atoms with Gasteiger partial charge in [-0.1, -0.05) is 0 Å². The number of carboxylic acid groups (broad SMARTS) is 1. The summed E-state index contributed by atoms with van der Waals surface area (Å²) in [6, 6.07) is 9.48. The van der Waals surface area contributed by atoms with Crippen molar-refractivity contribution in [2.75, 3.05) is 26.8 Å². The molecule has 1 amide bonds. The fourth-order valence-electron chi connectivity index (χ4n) is 2.55. The average Bonchev–Trinajstić information content (AvgIpc) is 2.96. The van der Waals surface area contributed by atoms with E-state index in [1.54, 1.807) is 35.9 Å². The summed E-state index contributed by atoms with van der Waals surface area (Å²) in [6.45, 7) is 0.731. The second kappa shape index (κ2) is 8.43. The molecule has 25 heavy (non-hydrogen) atoms. The van der Waals surface area contributed by atoms with Gasteiger partial charge in [0, 0.05) is 32.9 Å². The summed E-state index contributed by atoms with van der Waals surface area (Å²) in [6.07, 6.45) is -0.134. The van der Waals surface area contributed by atoms with Crippen LogP contribution in [-0.2, 0) is 16.6 Å². The van der Waals surface area contributed by atoms with Gasteiger partial charge in [-0.25, -0.2) is 4.39 Å². The lowest BCUT2D eigenvalue weighted by Crippen LogP contribution is -2.36. The quantitative estimate of drug-likeness (QED) is 0.795. The van der Waals surface area contributed by atoms with E-state index < -0.39 is 5.97 Å². The smallest absolute Gasteiger partial charge is 0.305 e. The molecule has 1 aromatic carbocycles. The Morgan fingerprint density at radius 3 is 2.44 bits per heavy atom. The van der Waals surface area contributed by atoms with Crippen LogP contribution in [0.1, 0.15) is 16.9 Å². The van der Waals surface area contributed by atoms with E-state index in [1.807, 2.05) is 0 Å². The predicted octanol–water partition coefficient (Wildman–Crippen LogP) is 2.39. The Hall–Kier alpha value is -2.67. The molecule has 6 nitrogen and oxygen atoms in total. The van der Waals surface area contributed by atoms with Crippen LogP contribution in [0, 0.1) is 5.82 Å². The zero-order chi connectivity index (χ0) is 18.4. The van der Waals surface area contributed by atoms with Crippen LogP contribution in [0.15, 0.2) is 36.4 Å². The van der Waals surface area contributed by atoms with Crippen LogP contribution in [0.3, 0.4) is 0 Å². The molecule has 134 valence electrons. The second-order valence-corrected chi connectivity index (χ2v) is 5.60. The van der Waals surface area contributed by atoms with Crippen molar-refractivity contribution in [1.29, 1.82) is 0 Å². The first-order valence-electron chi connectivity index (χ1n) is 7.85. The molecular formula is C18H21FN2O4. The number of carboxylic acids is 1. The number of benzene rings is 1. The van der Waals surface area contributed by atoms with Crippen molar-refractivity contribution >= 4 is 11.9 Å². The van der Waals surface area contributed by atoms with E-state index in [9.17, 15) is 14.0 Å². The number of nitrogens with zero attached hydrogens (tertiary/aromatic N) is 2. The molecule has 0 aliphatic carbocycles. The molecule has 0 spiro atoms. The number of aliphatic carboxylic acids is 1. The summed E-state index contributed by atoms with van der Waals surface area (Å²) in [5.74, 6) is -1.56. The third-order valence-electron chi connectivity index (χ3n) is 3.93.